The standard InChI is InChI=1S/C35H42N6O5/c42-25-35(26-43,27-44)39-34(46)20-29-12-10-28(11-13-29)19-33(45)24-41(23-32-9-3-6-16-38-32)18-17-40(21-30-7-1-4-14-36-30)22-31-8-2-5-15-37-31/h1-16,42-44H,17-27H2,(H,39,46). The Morgan fingerprint density at radius 1 is 0.609 bits per heavy atom. The summed E-state index contributed by atoms with van der Waals surface area (Å²) >= 11 is 0. The molecule has 0 spiro atoms. The summed E-state index contributed by atoms with van der Waals surface area (Å²) in [5.41, 5.74) is 2.86. The number of carbonyl (C=O) groups excluding carboxylic acids is 2. The van der Waals surface area contributed by atoms with Gasteiger partial charge in [0.15, 0.2) is 5.78 Å². The number of aliphatic hydroxyl groups excluding tert-OH is 3. The summed E-state index contributed by atoms with van der Waals surface area (Å²) in [7, 11) is 0. The Balaban J connectivity index is 1.38. The number of ketones is 1. The molecule has 0 aliphatic rings. The second-order valence-corrected chi connectivity index (χ2v) is 11.4. The zero-order chi connectivity index (χ0) is 32.6. The van der Waals surface area contributed by atoms with Gasteiger partial charge in [-0.25, -0.2) is 0 Å². The normalized spacial score (nSPS) is 11.6. The molecular weight excluding hydrogens is 584 g/mol. The number of aliphatic hydroxyl groups is 3. The fourth-order valence-corrected chi connectivity index (χ4v) is 4.98. The number of hydrogen-bond acceptors (Lipinski definition) is 10. The lowest BCUT2D eigenvalue weighted by molar-refractivity contribution is -0.124. The van der Waals surface area contributed by atoms with Crippen molar-refractivity contribution in [2.75, 3.05) is 39.5 Å². The fourth-order valence-electron chi connectivity index (χ4n) is 4.98. The summed E-state index contributed by atoms with van der Waals surface area (Å²) in [6, 6.07) is 24.7. The molecule has 4 aromatic rings. The minimum atomic E-state index is -1.47. The van der Waals surface area contributed by atoms with E-state index in [2.05, 4.69) is 30.1 Å². The maximum Gasteiger partial charge on any atom is 0.225 e. The number of pyridine rings is 3. The molecule has 0 saturated heterocycles. The molecule has 1 amide bonds. The van der Waals surface area contributed by atoms with Crippen LogP contribution >= 0.6 is 0 Å². The van der Waals surface area contributed by atoms with Gasteiger partial charge in [0.2, 0.25) is 5.91 Å². The van der Waals surface area contributed by atoms with Gasteiger partial charge in [-0.05, 0) is 47.5 Å². The Morgan fingerprint density at radius 2 is 1.04 bits per heavy atom. The molecule has 3 heterocycles. The highest BCUT2D eigenvalue weighted by Gasteiger charge is 2.29. The maximum atomic E-state index is 13.3. The molecule has 242 valence electrons. The number of amides is 1. The SMILES string of the molecule is O=C(Cc1ccc(CC(=O)NC(CO)(CO)CO)cc1)CN(CCN(Cc1ccccn1)Cc1ccccn1)Cc1ccccn1. The first-order valence-electron chi connectivity index (χ1n) is 15.3. The Bertz CT molecular complexity index is 1420. The molecule has 4 rings (SSSR count). The molecule has 4 N–H and O–H groups in total. The summed E-state index contributed by atoms with van der Waals surface area (Å²) in [6.45, 7) is 1.62. The highest BCUT2D eigenvalue weighted by atomic mass is 16.3. The van der Waals surface area contributed by atoms with Crippen molar-refractivity contribution in [3.05, 3.63) is 126 Å². The Labute approximate surface area is 269 Å². The third kappa shape index (κ3) is 11.2. The molecule has 11 heteroatoms. The molecule has 3 aromatic heterocycles. The van der Waals surface area contributed by atoms with Crippen LogP contribution in [0, 0.1) is 0 Å². The number of Topliss-reactive ketones (excluding diaryl/α,β-unsaturated/α-hetero) is 1. The molecule has 0 radical (unpaired) electrons. The van der Waals surface area contributed by atoms with E-state index in [-0.39, 0.29) is 25.2 Å². The van der Waals surface area contributed by atoms with E-state index in [0.717, 1.165) is 22.6 Å². The van der Waals surface area contributed by atoms with E-state index in [1.165, 1.54) is 0 Å². The van der Waals surface area contributed by atoms with Crippen LogP contribution in [0.4, 0.5) is 0 Å². The number of carbonyl (C=O) groups is 2. The van der Waals surface area contributed by atoms with Gasteiger partial charge in [0, 0.05) is 57.7 Å². The molecule has 0 fully saturated rings. The van der Waals surface area contributed by atoms with Gasteiger partial charge in [-0.3, -0.25) is 34.3 Å². The third-order valence-electron chi connectivity index (χ3n) is 7.57. The van der Waals surface area contributed by atoms with Gasteiger partial charge in [0.25, 0.3) is 0 Å². The van der Waals surface area contributed by atoms with E-state index in [1.807, 2.05) is 66.7 Å². The van der Waals surface area contributed by atoms with E-state index in [1.54, 1.807) is 30.7 Å². The zero-order valence-corrected chi connectivity index (χ0v) is 25.9. The van der Waals surface area contributed by atoms with Crippen molar-refractivity contribution in [1.82, 2.24) is 30.1 Å². The van der Waals surface area contributed by atoms with Crippen molar-refractivity contribution in [3.63, 3.8) is 0 Å². The highest BCUT2D eigenvalue weighted by molar-refractivity contribution is 5.83. The lowest BCUT2D eigenvalue weighted by Gasteiger charge is -2.28. The molecular formula is C35H42N6O5. The molecule has 11 nitrogen and oxygen atoms in total. The molecule has 0 bridgehead atoms. The number of hydrogen-bond donors (Lipinski definition) is 4. The van der Waals surface area contributed by atoms with Crippen molar-refractivity contribution in [2.45, 2.75) is 38.0 Å². The number of rotatable bonds is 19. The topological polar surface area (TPSA) is 152 Å². The van der Waals surface area contributed by atoms with Crippen molar-refractivity contribution < 1.29 is 24.9 Å². The van der Waals surface area contributed by atoms with Crippen LogP contribution < -0.4 is 5.32 Å². The summed E-state index contributed by atoms with van der Waals surface area (Å²) in [5.74, 6) is -0.382. The third-order valence-corrected chi connectivity index (χ3v) is 7.57. The lowest BCUT2D eigenvalue weighted by atomic mass is 10.0. The smallest absolute Gasteiger partial charge is 0.225 e. The van der Waals surface area contributed by atoms with E-state index in [0.29, 0.717) is 38.3 Å². The van der Waals surface area contributed by atoms with Crippen LogP contribution in [0.1, 0.15) is 28.2 Å². The molecule has 1 aromatic carbocycles. The minimum Gasteiger partial charge on any atom is -0.394 e. The van der Waals surface area contributed by atoms with Crippen LogP contribution in [0.25, 0.3) is 0 Å². The summed E-state index contributed by atoms with van der Waals surface area (Å²) in [4.78, 5) is 43.7. The summed E-state index contributed by atoms with van der Waals surface area (Å²) < 4.78 is 0. The quantitative estimate of drug-likeness (QED) is 0.121. The first-order valence-corrected chi connectivity index (χ1v) is 15.3. The molecule has 0 aliphatic carbocycles. The van der Waals surface area contributed by atoms with Gasteiger partial charge in [0.1, 0.15) is 5.54 Å². The van der Waals surface area contributed by atoms with Crippen LogP contribution in [-0.4, -0.2) is 96.8 Å². The van der Waals surface area contributed by atoms with Crippen molar-refractivity contribution in [3.8, 4) is 0 Å². The molecule has 0 unspecified atom stereocenters. The second-order valence-electron chi connectivity index (χ2n) is 11.4. The van der Waals surface area contributed by atoms with Crippen LogP contribution in [-0.2, 0) is 42.1 Å². The van der Waals surface area contributed by atoms with Crippen molar-refractivity contribution in [1.29, 1.82) is 0 Å². The van der Waals surface area contributed by atoms with Crippen LogP contribution in [0.15, 0.2) is 97.5 Å². The van der Waals surface area contributed by atoms with E-state index < -0.39 is 31.3 Å². The minimum absolute atomic E-state index is 0.00132. The van der Waals surface area contributed by atoms with Gasteiger partial charge >= 0.3 is 0 Å². The van der Waals surface area contributed by atoms with E-state index in [9.17, 15) is 24.9 Å². The van der Waals surface area contributed by atoms with Crippen LogP contribution in [0.3, 0.4) is 0 Å². The molecule has 46 heavy (non-hydrogen) atoms. The summed E-state index contributed by atoms with van der Waals surface area (Å²) in [5, 5.41) is 30.9. The average molecular weight is 627 g/mol. The average Bonchev–Trinajstić information content (AvgIpc) is 3.08. The molecule has 0 saturated carbocycles. The predicted molar refractivity (Wildman–Crippen MR) is 173 cm³/mol. The van der Waals surface area contributed by atoms with Gasteiger partial charge in [-0.1, -0.05) is 42.5 Å². The lowest BCUT2D eigenvalue weighted by Crippen LogP contribution is -2.57. The number of nitrogens with zero attached hydrogens (tertiary/aromatic N) is 5. The number of benzene rings is 1. The largest absolute Gasteiger partial charge is 0.394 e. The zero-order valence-electron chi connectivity index (χ0n) is 25.9. The van der Waals surface area contributed by atoms with E-state index >= 15 is 0 Å². The Kier molecular flexibility index (Phi) is 13.4. The fraction of sp³-hybridized carbons (Fsp3) is 0.343. The second kappa shape index (κ2) is 17.9. The van der Waals surface area contributed by atoms with Crippen LogP contribution in [0.2, 0.25) is 0 Å². The van der Waals surface area contributed by atoms with Crippen LogP contribution in [0.5, 0.6) is 0 Å². The van der Waals surface area contributed by atoms with Gasteiger partial charge < -0.3 is 20.6 Å². The first kappa shape index (κ1) is 34.5. The predicted octanol–water partition coefficient (Wildman–Crippen LogP) is 1.56. The highest BCUT2D eigenvalue weighted by Crippen LogP contribution is 2.12. The van der Waals surface area contributed by atoms with Crippen molar-refractivity contribution >= 4 is 11.7 Å². The Hall–Kier alpha value is -4.39. The van der Waals surface area contributed by atoms with Gasteiger partial charge in [-0.15, -0.1) is 0 Å². The first-order chi connectivity index (χ1) is 22.4. The van der Waals surface area contributed by atoms with Gasteiger partial charge in [-0.2, -0.15) is 0 Å². The maximum absolute atomic E-state index is 13.3. The number of aromatic nitrogens is 3. The van der Waals surface area contributed by atoms with Crippen molar-refractivity contribution in [2.24, 2.45) is 0 Å². The molecule has 0 aliphatic heterocycles. The summed E-state index contributed by atoms with van der Waals surface area (Å²) in [6.07, 6.45) is 5.57. The monoisotopic (exact) mass is 626 g/mol. The molecule has 0 atom stereocenters. The number of nitrogens with one attached hydrogen (secondary N) is 1. The van der Waals surface area contributed by atoms with Gasteiger partial charge in [0.05, 0.1) is 49.9 Å². The Morgan fingerprint density at radius 3 is 1.48 bits per heavy atom. The van der Waals surface area contributed by atoms with E-state index in [4.69, 9.17) is 0 Å².